The topological polar surface area (TPSA) is 85.2 Å². The van der Waals surface area contributed by atoms with Gasteiger partial charge in [0.25, 0.3) is 5.91 Å². The smallest absolute Gasteiger partial charge is 0.279 e. The van der Waals surface area contributed by atoms with Gasteiger partial charge in [-0.25, -0.2) is 9.67 Å². The number of hydrogen-bond donors (Lipinski definition) is 1. The fourth-order valence-corrected chi connectivity index (χ4v) is 2.72. The van der Waals surface area contributed by atoms with E-state index in [0.29, 0.717) is 5.82 Å². The van der Waals surface area contributed by atoms with E-state index < -0.39 is 0 Å². The van der Waals surface area contributed by atoms with Gasteiger partial charge in [0.05, 0.1) is 37.0 Å². The molecule has 2 aromatic heterocycles. The summed E-state index contributed by atoms with van der Waals surface area (Å²) < 4.78 is 6.91. The fourth-order valence-electron chi connectivity index (χ4n) is 2.72. The van der Waals surface area contributed by atoms with Crippen molar-refractivity contribution in [1.82, 2.24) is 20.0 Å². The number of para-hydroxylation sites is 1. The largest absolute Gasteiger partial charge is 0.378 e. The van der Waals surface area contributed by atoms with Gasteiger partial charge in [0.1, 0.15) is 5.82 Å². The van der Waals surface area contributed by atoms with Crippen LogP contribution in [0.5, 0.6) is 0 Å². The molecule has 0 spiro atoms. The lowest BCUT2D eigenvalue weighted by molar-refractivity contribution is 0.102. The quantitative estimate of drug-likeness (QED) is 0.772. The van der Waals surface area contributed by atoms with E-state index in [0.717, 1.165) is 37.7 Å². The molecule has 8 heteroatoms. The lowest BCUT2D eigenvalue weighted by Gasteiger charge is -2.28. The van der Waals surface area contributed by atoms with Crippen LogP contribution in [0.4, 0.5) is 11.5 Å². The molecule has 0 saturated carbocycles. The van der Waals surface area contributed by atoms with Crippen molar-refractivity contribution in [1.29, 1.82) is 0 Å². The molecule has 1 aliphatic heterocycles. The summed E-state index contributed by atoms with van der Waals surface area (Å²) in [5.74, 6) is 0.125. The SMILES string of the molecule is O=C(Nc1ccc(N2CCOCC2)cn1)c1cn(-c2ccccc2)nn1. The number of aromatic nitrogens is 4. The number of hydrogen-bond acceptors (Lipinski definition) is 6. The van der Waals surface area contributed by atoms with Crippen molar-refractivity contribution >= 4 is 17.4 Å². The van der Waals surface area contributed by atoms with Crippen molar-refractivity contribution in [2.24, 2.45) is 0 Å². The molecule has 3 heterocycles. The molecule has 1 amide bonds. The van der Waals surface area contributed by atoms with Crippen LogP contribution < -0.4 is 10.2 Å². The molecule has 1 aliphatic rings. The minimum atomic E-state index is -0.348. The van der Waals surface area contributed by atoms with Crippen LogP contribution in [0.1, 0.15) is 10.5 Å². The zero-order valence-corrected chi connectivity index (χ0v) is 14.1. The first kappa shape index (κ1) is 16.2. The van der Waals surface area contributed by atoms with Crippen LogP contribution in [0.25, 0.3) is 5.69 Å². The number of rotatable bonds is 4. The normalized spacial score (nSPS) is 14.2. The molecule has 0 atom stereocenters. The average Bonchev–Trinajstić information content (AvgIpc) is 3.20. The van der Waals surface area contributed by atoms with Crippen LogP contribution >= 0.6 is 0 Å². The van der Waals surface area contributed by atoms with Crippen LogP contribution in [-0.2, 0) is 4.74 Å². The van der Waals surface area contributed by atoms with Gasteiger partial charge in [-0.1, -0.05) is 23.4 Å². The molecular formula is C18H18N6O2. The van der Waals surface area contributed by atoms with Gasteiger partial charge >= 0.3 is 0 Å². The number of morpholine rings is 1. The summed E-state index contributed by atoms with van der Waals surface area (Å²) in [6, 6.07) is 13.2. The Balaban J connectivity index is 1.42. The summed E-state index contributed by atoms with van der Waals surface area (Å²) in [6.07, 6.45) is 3.34. The minimum Gasteiger partial charge on any atom is -0.378 e. The maximum absolute atomic E-state index is 12.4. The van der Waals surface area contributed by atoms with Gasteiger partial charge in [0.2, 0.25) is 0 Å². The number of amides is 1. The Kier molecular flexibility index (Phi) is 4.57. The summed E-state index contributed by atoms with van der Waals surface area (Å²) in [5, 5.41) is 10.7. The highest BCUT2D eigenvalue weighted by Gasteiger charge is 2.14. The van der Waals surface area contributed by atoms with E-state index >= 15 is 0 Å². The first-order valence-corrected chi connectivity index (χ1v) is 8.37. The summed E-state index contributed by atoms with van der Waals surface area (Å²) in [7, 11) is 0. The van der Waals surface area contributed by atoms with Gasteiger partial charge < -0.3 is 15.0 Å². The summed E-state index contributed by atoms with van der Waals surface area (Å²) in [6.45, 7) is 3.12. The Labute approximate surface area is 150 Å². The monoisotopic (exact) mass is 350 g/mol. The third-order valence-electron chi connectivity index (χ3n) is 4.11. The van der Waals surface area contributed by atoms with Crippen molar-refractivity contribution in [3.05, 3.63) is 60.6 Å². The lowest BCUT2D eigenvalue weighted by Crippen LogP contribution is -2.36. The Morgan fingerprint density at radius 1 is 1.04 bits per heavy atom. The lowest BCUT2D eigenvalue weighted by atomic mass is 10.3. The van der Waals surface area contributed by atoms with Crippen molar-refractivity contribution in [3.8, 4) is 5.69 Å². The number of ether oxygens (including phenoxy) is 1. The van der Waals surface area contributed by atoms with E-state index in [2.05, 4.69) is 25.5 Å². The van der Waals surface area contributed by atoms with E-state index in [1.165, 1.54) is 0 Å². The molecule has 1 saturated heterocycles. The van der Waals surface area contributed by atoms with Crippen LogP contribution in [0, 0.1) is 0 Å². The van der Waals surface area contributed by atoms with Gasteiger partial charge in [-0.2, -0.15) is 0 Å². The number of anilines is 2. The van der Waals surface area contributed by atoms with Gasteiger partial charge in [-0.05, 0) is 24.3 Å². The van der Waals surface area contributed by atoms with Crippen molar-refractivity contribution in [3.63, 3.8) is 0 Å². The zero-order valence-electron chi connectivity index (χ0n) is 14.1. The molecule has 0 bridgehead atoms. The predicted molar refractivity (Wildman–Crippen MR) is 96.6 cm³/mol. The fraction of sp³-hybridized carbons (Fsp3) is 0.222. The molecular weight excluding hydrogens is 332 g/mol. The van der Waals surface area contributed by atoms with Crippen LogP contribution in [0.2, 0.25) is 0 Å². The number of nitrogens with one attached hydrogen (secondary N) is 1. The molecule has 1 N–H and O–H groups in total. The van der Waals surface area contributed by atoms with Crippen LogP contribution in [0.15, 0.2) is 54.9 Å². The molecule has 8 nitrogen and oxygen atoms in total. The number of carbonyl (C=O) groups excluding carboxylic acids is 1. The second kappa shape index (κ2) is 7.32. The standard InChI is InChI=1S/C18H18N6O2/c25-18(16-13-24(22-21-16)14-4-2-1-3-5-14)20-17-7-6-15(12-19-17)23-8-10-26-11-9-23/h1-7,12-13H,8-11H2,(H,19,20,25). The summed E-state index contributed by atoms with van der Waals surface area (Å²) in [5.41, 5.74) is 2.08. The van der Waals surface area contributed by atoms with Crippen LogP contribution in [0.3, 0.4) is 0 Å². The number of benzene rings is 1. The molecule has 3 aromatic rings. The number of nitrogens with zero attached hydrogens (tertiary/aromatic N) is 5. The number of carbonyl (C=O) groups is 1. The third kappa shape index (κ3) is 3.55. The van der Waals surface area contributed by atoms with Crippen molar-refractivity contribution in [2.75, 3.05) is 36.5 Å². The molecule has 0 unspecified atom stereocenters. The Morgan fingerprint density at radius 3 is 2.58 bits per heavy atom. The maximum Gasteiger partial charge on any atom is 0.279 e. The molecule has 1 fully saturated rings. The Morgan fingerprint density at radius 2 is 1.85 bits per heavy atom. The first-order chi connectivity index (χ1) is 12.8. The van der Waals surface area contributed by atoms with E-state index in [9.17, 15) is 4.79 Å². The first-order valence-electron chi connectivity index (χ1n) is 8.37. The predicted octanol–water partition coefficient (Wildman–Crippen LogP) is 1.75. The van der Waals surface area contributed by atoms with Crippen molar-refractivity contribution < 1.29 is 9.53 Å². The average molecular weight is 350 g/mol. The zero-order chi connectivity index (χ0) is 17.8. The second-order valence-electron chi connectivity index (χ2n) is 5.84. The van der Waals surface area contributed by atoms with E-state index in [4.69, 9.17) is 4.74 Å². The summed E-state index contributed by atoms with van der Waals surface area (Å²) in [4.78, 5) is 18.9. The van der Waals surface area contributed by atoms with Gasteiger partial charge in [0.15, 0.2) is 5.69 Å². The minimum absolute atomic E-state index is 0.230. The van der Waals surface area contributed by atoms with E-state index in [-0.39, 0.29) is 11.6 Å². The van der Waals surface area contributed by atoms with Gasteiger partial charge in [-0.3, -0.25) is 4.79 Å². The highest BCUT2D eigenvalue weighted by atomic mass is 16.5. The summed E-state index contributed by atoms with van der Waals surface area (Å²) >= 11 is 0. The highest BCUT2D eigenvalue weighted by molar-refractivity contribution is 6.02. The highest BCUT2D eigenvalue weighted by Crippen LogP contribution is 2.17. The van der Waals surface area contributed by atoms with Crippen LogP contribution in [-0.4, -0.2) is 52.2 Å². The second-order valence-corrected chi connectivity index (χ2v) is 5.84. The molecule has 4 rings (SSSR count). The Bertz CT molecular complexity index is 872. The molecule has 1 aromatic carbocycles. The van der Waals surface area contributed by atoms with E-state index in [1.54, 1.807) is 23.1 Å². The molecule has 0 radical (unpaired) electrons. The maximum atomic E-state index is 12.4. The molecule has 0 aliphatic carbocycles. The van der Waals surface area contributed by atoms with Crippen molar-refractivity contribution in [2.45, 2.75) is 0 Å². The third-order valence-corrected chi connectivity index (χ3v) is 4.11. The van der Waals surface area contributed by atoms with E-state index in [1.807, 2.05) is 36.4 Å². The number of pyridine rings is 1. The molecule has 26 heavy (non-hydrogen) atoms. The van der Waals surface area contributed by atoms with Gasteiger partial charge in [-0.15, -0.1) is 5.10 Å². The Hall–Kier alpha value is -3.26. The molecule has 132 valence electrons. The van der Waals surface area contributed by atoms with Gasteiger partial charge in [0, 0.05) is 13.1 Å².